The number of aromatic amines is 1. The molecule has 104 valence electrons. The highest BCUT2D eigenvalue weighted by molar-refractivity contribution is 5.93. The molecule has 0 radical (unpaired) electrons. The third-order valence-corrected chi connectivity index (χ3v) is 4.29. The van der Waals surface area contributed by atoms with E-state index < -0.39 is 0 Å². The molecule has 2 heterocycles. The maximum absolute atomic E-state index is 12.1. The third kappa shape index (κ3) is 2.66. The Hall–Kier alpha value is -1.36. The van der Waals surface area contributed by atoms with E-state index in [1.54, 1.807) is 0 Å². The van der Waals surface area contributed by atoms with Gasteiger partial charge in [-0.25, -0.2) is 0 Å². The predicted molar refractivity (Wildman–Crippen MR) is 71.9 cm³/mol. The van der Waals surface area contributed by atoms with Gasteiger partial charge in [-0.1, -0.05) is 19.8 Å². The molecule has 19 heavy (non-hydrogen) atoms. The molecule has 2 atom stereocenters. The number of nitrogens with zero attached hydrogens (tertiary/aromatic N) is 1. The van der Waals surface area contributed by atoms with Crippen molar-refractivity contribution < 1.29 is 9.53 Å². The van der Waals surface area contributed by atoms with Crippen LogP contribution in [0.4, 0.5) is 5.82 Å². The molecule has 5 heteroatoms. The molecule has 3 rings (SSSR count). The zero-order valence-electron chi connectivity index (χ0n) is 11.3. The van der Waals surface area contributed by atoms with Crippen molar-refractivity contribution in [1.29, 1.82) is 0 Å². The van der Waals surface area contributed by atoms with Gasteiger partial charge in [0.2, 0.25) is 0 Å². The van der Waals surface area contributed by atoms with Crippen LogP contribution < -0.4 is 5.32 Å². The first kappa shape index (κ1) is 12.7. The van der Waals surface area contributed by atoms with E-state index in [1.807, 2.05) is 13.0 Å². The quantitative estimate of drug-likeness (QED) is 0.880. The highest BCUT2D eigenvalue weighted by Gasteiger charge is 2.31. The van der Waals surface area contributed by atoms with Gasteiger partial charge in [0.1, 0.15) is 6.10 Å². The lowest BCUT2D eigenvalue weighted by Gasteiger charge is -2.12. The minimum absolute atomic E-state index is 0.0746. The Morgan fingerprint density at radius 1 is 1.42 bits per heavy atom. The maximum atomic E-state index is 12.1. The Kier molecular flexibility index (Phi) is 3.55. The second kappa shape index (κ2) is 5.33. The molecule has 1 saturated heterocycles. The van der Waals surface area contributed by atoms with Gasteiger partial charge in [0.05, 0.1) is 0 Å². The molecule has 1 saturated carbocycles. The number of hydrogen-bond acceptors (Lipinski definition) is 3. The summed E-state index contributed by atoms with van der Waals surface area (Å²) in [4.78, 5) is 12.1. The molecule has 2 aliphatic rings. The van der Waals surface area contributed by atoms with Crippen LogP contribution in [0.2, 0.25) is 0 Å². The largest absolute Gasteiger partial charge is 0.368 e. The molecule has 0 aromatic carbocycles. The molecular formula is C14H21N3O2. The maximum Gasteiger partial charge on any atom is 0.254 e. The van der Waals surface area contributed by atoms with E-state index in [4.69, 9.17) is 4.74 Å². The second-order valence-electron chi connectivity index (χ2n) is 5.74. The summed E-state index contributed by atoms with van der Waals surface area (Å²) in [7, 11) is 0. The lowest BCUT2D eigenvalue weighted by atomic mass is 10.0. The summed E-state index contributed by atoms with van der Waals surface area (Å²) in [5.41, 5.74) is 1.15. The van der Waals surface area contributed by atoms with Gasteiger partial charge < -0.3 is 10.1 Å². The first-order valence-corrected chi connectivity index (χ1v) is 7.22. The van der Waals surface area contributed by atoms with Crippen molar-refractivity contribution in [3.8, 4) is 0 Å². The van der Waals surface area contributed by atoms with Crippen LogP contribution in [0, 0.1) is 5.92 Å². The molecule has 1 aliphatic heterocycles. The fourth-order valence-electron chi connectivity index (χ4n) is 3.07. The lowest BCUT2D eigenvalue weighted by molar-refractivity contribution is -0.126. The second-order valence-corrected chi connectivity index (χ2v) is 5.74. The number of aromatic nitrogens is 2. The molecule has 0 spiro atoms. The average molecular weight is 263 g/mol. The van der Waals surface area contributed by atoms with Crippen molar-refractivity contribution in [1.82, 2.24) is 10.2 Å². The smallest absolute Gasteiger partial charge is 0.254 e. The number of carbonyl (C=O) groups excluding carboxylic acids is 1. The number of hydrogen-bond donors (Lipinski definition) is 2. The normalized spacial score (nSPS) is 27.8. The number of carbonyl (C=O) groups is 1. The Bertz CT molecular complexity index is 451. The summed E-state index contributed by atoms with van der Waals surface area (Å²) in [6, 6.07) is 1.97. The highest BCUT2D eigenvalue weighted by Crippen LogP contribution is 2.33. The summed E-state index contributed by atoms with van der Waals surface area (Å²) in [6.07, 6.45) is 5.65. The molecule has 5 nitrogen and oxygen atoms in total. The van der Waals surface area contributed by atoms with Crippen molar-refractivity contribution in [2.45, 2.75) is 51.0 Å². The summed E-state index contributed by atoms with van der Waals surface area (Å²) < 4.78 is 5.46. The van der Waals surface area contributed by atoms with Crippen LogP contribution in [0.1, 0.15) is 50.6 Å². The van der Waals surface area contributed by atoms with E-state index in [-0.39, 0.29) is 17.9 Å². The first-order valence-electron chi connectivity index (χ1n) is 7.22. The van der Waals surface area contributed by atoms with Crippen molar-refractivity contribution in [2.24, 2.45) is 5.92 Å². The first-order chi connectivity index (χ1) is 9.24. The minimum atomic E-state index is -0.327. The van der Waals surface area contributed by atoms with Crippen LogP contribution in [0.15, 0.2) is 6.07 Å². The molecule has 1 amide bonds. The van der Waals surface area contributed by atoms with Crippen molar-refractivity contribution in [2.75, 3.05) is 11.9 Å². The van der Waals surface area contributed by atoms with Crippen LogP contribution >= 0.6 is 0 Å². The van der Waals surface area contributed by atoms with E-state index >= 15 is 0 Å². The minimum Gasteiger partial charge on any atom is -0.368 e. The zero-order chi connectivity index (χ0) is 13.2. The SMILES string of the molecule is C[C@@H]1CCO[C@@H]1C(=O)Nc1cc(C2CCCC2)[nH]n1. The number of nitrogens with one attached hydrogen (secondary N) is 2. The van der Waals surface area contributed by atoms with Gasteiger partial charge in [-0.3, -0.25) is 9.89 Å². The average Bonchev–Trinajstić information content (AvgIpc) is 3.07. The monoisotopic (exact) mass is 263 g/mol. The number of amides is 1. The topological polar surface area (TPSA) is 67.0 Å². The fraction of sp³-hybridized carbons (Fsp3) is 0.714. The molecule has 0 unspecified atom stereocenters. The van der Waals surface area contributed by atoms with Crippen LogP contribution in [0.3, 0.4) is 0 Å². The molecule has 2 fully saturated rings. The molecule has 1 aliphatic carbocycles. The van der Waals surface area contributed by atoms with Gasteiger partial charge in [0, 0.05) is 24.3 Å². The standard InChI is InChI=1S/C14H21N3O2/c1-9-6-7-19-13(9)14(18)15-12-8-11(16-17-12)10-4-2-3-5-10/h8-10,13H,2-7H2,1H3,(H2,15,16,17,18)/t9-,13+/m1/s1. The number of ether oxygens (including phenoxy) is 1. The van der Waals surface area contributed by atoms with Crippen LogP contribution in [-0.4, -0.2) is 28.8 Å². The Labute approximate surface area is 113 Å². The van der Waals surface area contributed by atoms with Gasteiger partial charge >= 0.3 is 0 Å². The number of rotatable bonds is 3. The van der Waals surface area contributed by atoms with E-state index in [2.05, 4.69) is 15.5 Å². The highest BCUT2D eigenvalue weighted by atomic mass is 16.5. The summed E-state index contributed by atoms with van der Waals surface area (Å²) in [5, 5.41) is 10.1. The van der Waals surface area contributed by atoms with E-state index in [1.165, 1.54) is 25.7 Å². The molecule has 0 bridgehead atoms. The Balaban J connectivity index is 1.61. The molecule has 1 aromatic rings. The fourth-order valence-corrected chi connectivity index (χ4v) is 3.07. The van der Waals surface area contributed by atoms with Crippen molar-refractivity contribution in [3.63, 3.8) is 0 Å². The van der Waals surface area contributed by atoms with E-state index in [9.17, 15) is 4.79 Å². The molecule has 1 aromatic heterocycles. The van der Waals surface area contributed by atoms with Crippen molar-refractivity contribution >= 4 is 11.7 Å². The number of anilines is 1. The summed E-state index contributed by atoms with van der Waals surface area (Å²) >= 11 is 0. The van der Waals surface area contributed by atoms with Crippen LogP contribution in [0.25, 0.3) is 0 Å². The van der Waals surface area contributed by atoms with Gasteiger partial charge in [-0.2, -0.15) is 5.10 Å². The predicted octanol–water partition coefficient (Wildman–Crippen LogP) is 2.43. The van der Waals surface area contributed by atoms with E-state index in [0.29, 0.717) is 18.3 Å². The van der Waals surface area contributed by atoms with Gasteiger partial charge in [0.25, 0.3) is 5.91 Å². The third-order valence-electron chi connectivity index (χ3n) is 4.29. The lowest BCUT2D eigenvalue weighted by Crippen LogP contribution is -2.31. The van der Waals surface area contributed by atoms with E-state index in [0.717, 1.165) is 12.1 Å². The van der Waals surface area contributed by atoms with Gasteiger partial charge in [-0.15, -0.1) is 0 Å². The van der Waals surface area contributed by atoms with Gasteiger partial charge in [-0.05, 0) is 25.2 Å². The zero-order valence-corrected chi connectivity index (χ0v) is 11.3. The molecular weight excluding hydrogens is 242 g/mol. The molecule has 2 N–H and O–H groups in total. The summed E-state index contributed by atoms with van der Waals surface area (Å²) in [5.74, 6) is 1.41. The van der Waals surface area contributed by atoms with Crippen LogP contribution in [-0.2, 0) is 9.53 Å². The summed E-state index contributed by atoms with van der Waals surface area (Å²) in [6.45, 7) is 2.72. The Morgan fingerprint density at radius 3 is 2.89 bits per heavy atom. The van der Waals surface area contributed by atoms with Gasteiger partial charge in [0.15, 0.2) is 5.82 Å². The van der Waals surface area contributed by atoms with Crippen LogP contribution in [0.5, 0.6) is 0 Å². The number of H-pyrrole nitrogens is 1. The van der Waals surface area contributed by atoms with Crippen molar-refractivity contribution in [3.05, 3.63) is 11.8 Å². The Morgan fingerprint density at radius 2 is 2.21 bits per heavy atom.